The topological polar surface area (TPSA) is 72.4 Å². The Labute approximate surface area is 130 Å². The molecule has 1 aromatic heterocycles. The highest BCUT2D eigenvalue weighted by molar-refractivity contribution is 5.83. The van der Waals surface area contributed by atoms with Crippen molar-refractivity contribution in [3.63, 3.8) is 0 Å². The fraction of sp³-hybridized carbons (Fsp3) is 0.200. The molecule has 2 amide bonds. The zero-order chi connectivity index (χ0) is 17.2. The van der Waals surface area contributed by atoms with Crippen molar-refractivity contribution in [2.24, 2.45) is 10.8 Å². The molecular weight excluding hydrogens is 309 g/mol. The van der Waals surface area contributed by atoms with E-state index in [0.717, 1.165) is 29.1 Å². The summed E-state index contributed by atoms with van der Waals surface area (Å²) >= 11 is 0. The van der Waals surface area contributed by atoms with Crippen molar-refractivity contribution >= 4 is 12.2 Å². The van der Waals surface area contributed by atoms with Crippen LogP contribution in [-0.4, -0.2) is 16.8 Å². The van der Waals surface area contributed by atoms with Gasteiger partial charge in [0.05, 0.1) is 11.8 Å². The molecular formula is C15H15F3N4O. The fourth-order valence-corrected chi connectivity index (χ4v) is 2.28. The normalized spacial score (nSPS) is 11.9. The van der Waals surface area contributed by atoms with Gasteiger partial charge in [-0.3, -0.25) is 0 Å². The third kappa shape index (κ3) is 3.71. The molecule has 0 aliphatic heterocycles. The van der Waals surface area contributed by atoms with Crippen LogP contribution in [0.15, 0.2) is 35.4 Å². The molecule has 2 aromatic rings. The van der Waals surface area contributed by atoms with Gasteiger partial charge in [0.15, 0.2) is 0 Å². The Morgan fingerprint density at radius 1 is 1.26 bits per heavy atom. The van der Waals surface area contributed by atoms with Gasteiger partial charge in [-0.1, -0.05) is 0 Å². The first-order valence-electron chi connectivity index (χ1n) is 6.65. The van der Waals surface area contributed by atoms with E-state index in [9.17, 15) is 18.0 Å². The Kier molecular flexibility index (Phi) is 4.44. The second-order valence-electron chi connectivity index (χ2n) is 4.94. The zero-order valence-electron chi connectivity index (χ0n) is 12.5. The minimum absolute atomic E-state index is 0.607. The predicted octanol–water partition coefficient (Wildman–Crippen LogP) is 3.12. The number of hydrazone groups is 1. The van der Waals surface area contributed by atoms with E-state index in [-0.39, 0.29) is 0 Å². The van der Waals surface area contributed by atoms with E-state index in [1.54, 1.807) is 17.6 Å². The number of nitrogens with one attached hydrogen (secondary N) is 1. The van der Waals surface area contributed by atoms with Gasteiger partial charge in [0, 0.05) is 22.6 Å². The molecule has 0 atom stereocenters. The van der Waals surface area contributed by atoms with Crippen molar-refractivity contribution in [1.29, 1.82) is 0 Å². The van der Waals surface area contributed by atoms with E-state index < -0.39 is 17.8 Å². The molecule has 23 heavy (non-hydrogen) atoms. The molecule has 0 aliphatic carbocycles. The summed E-state index contributed by atoms with van der Waals surface area (Å²) in [6.07, 6.45) is -2.94. The number of hydrogen-bond donors (Lipinski definition) is 2. The highest BCUT2D eigenvalue weighted by Gasteiger charge is 2.30. The lowest BCUT2D eigenvalue weighted by atomic mass is 10.2. The summed E-state index contributed by atoms with van der Waals surface area (Å²) in [5.74, 6) is 0. The van der Waals surface area contributed by atoms with Crippen LogP contribution in [0.2, 0.25) is 0 Å². The number of alkyl halides is 3. The lowest BCUT2D eigenvalue weighted by Crippen LogP contribution is -2.24. The first kappa shape index (κ1) is 16.6. The van der Waals surface area contributed by atoms with Crippen LogP contribution in [0.25, 0.3) is 5.69 Å². The number of nitrogens with zero attached hydrogens (tertiary/aromatic N) is 2. The van der Waals surface area contributed by atoms with Crippen LogP contribution in [0.4, 0.5) is 18.0 Å². The number of rotatable bonds is 3. The average Bonchev–Trinajstić information content (AvgIpc) is 2.72. The number of carbonyl (C=O) groups is 1. The van der Waals surface area contributed by atoms with Gasteiger partial charge in [0.25, 0.3) is 0 Å². The van der Waals surface area contributed by atoms with E-state index in [1.165, 1.54) is 18.3 Å². The van der Waals surface area contributed by atoms with Crippen LogP contribution in [0.5, 0.6) is 0 Å². The predicted molar refractivity (Wildman–Crippen MR) is 80.6 cm³/mol. The Morgan fingerprint density at radius 2 is 1.87 bits per heavy atom. The Balaban J connectivity index is 2.35. The molecule has 0 bridgehead atoms. The highest BCUT2D eigenvalue weighted by atomic mass is 19.4. The third-order valence-electron chi connectivity index (χ3n) is 3.30. The number of urea groups is 1. The van der Waals surface area contributed by atoms with Crippen LogP contribution >= 0.6 is 0 Å². The lowest BCUT2D eigenvalue weighted by molar-refractivity contribution is -0.137. The van der Waals surface area contributed by atoms with Crippen LogP contribution in [0.3, 0.4) is 0 Å². The summed E-state index contributed by atoms with van der Waals surface area (Å²) in [5, 5.41) is 3.68. The summed E-state index contributed by atoms with van der Waals surface area (Å²) < 4.78 is 39.7. The number of nitrogens with two attached hydrogens (primary N) is 1. The monoisotopic (exact) mass is 324 g/mol. The molecule has 0 aliphatic rings. The zero-order valence-corrected chi connectivity index (χ0v) is 12.5. The summed E-state index contributed by atoms with van der Waals surface area (Å²) in [6, 6.07) is 5.92. The van der Waals surface area contributed by atoms with E-state index >= 15 is 0 Å². The van der Waals surface area contributed by atoms with Crippen LogP contribution in [-0.2, 0) is 6.18 Å². The van der Waals surface area contributed by atoms with E-state index in [1.807, 2.05) is 6.92 Å². The first-order chi connectivity index (χ1) is 10.7. The molecule has 1 heterocycles. The second kappa shape index (κ2) is 6.15. The number of amides is 2. The summed E-state index contributed by atoms with van der Waals surface area (Å²) in [5.41, 5.74) is 9.22. The van der Waals surface area contributed by atoms with Crippen LogP contribution in [0.1, 0.15) is 22.5 Å². The number of carbonyl (C=O) groups excluding carboxylic acids is 1. The fourth-order valence-electron chi connectivity index (χ4n) is 2.28. The molecule has 1 aromatic carbocycles. The molecule has 5 nitrogen and oxygen atoms in total. The maximum atomic E-state index is 12.6. The van der Waals surface area contributed by atoms with E-state index in [4.69, 9.17) is 5.73 Å². The minimum atomic E-state index is -4.36. The number of aromatic nitrogens is 1. The molecule has 0 unspecified atom stereocenters. The van der Waals surface area contributed by atoms with Crippen LogP contribution < -0.4 is 11.2 Å². The van der Waals surface area contributed by atoms with Crippen molar-refractivity contribution in [1.82, 2.24) is 9.99 Å². The van der Waals surface area contributed by atoms with Gasteiger partial charge in [-0.05, 0) is 44.2 Å². The molecule has 8 heteroatoms. The molecule has 0 saturated heterocycles. The molecule has 0 fully saturated rings. The van der Waals surface area contributed by atoms with Gasteiger partial charge in [0.2, 0.25) is 0 Å². The molecule has 122 valence electrons. The maximum Gasteiger partial charge on any atom is 0.416 e. The van der Waals surface area contributed by atoms with Gasteiger partial charge in [-0.25, -0.2) is 10.2 Å². The molecule has 0 saturated carbocycles. The number of hydrogen-bond acceptors (Lipinski definition) is 2. The highest BCUT2D eigenvalue weighted by Crippen LogP contribution is 2.30. The van der Waals surface area contributed by atoms with Crippen molar-refractivity contribution in [3.05, 3.63) is 52.8 Å². The van der Waals surface area contributed by atoms with E-state index in [2.05, 4.69) is 10.5 Å². The Bertz CT molecular complexity index is 745. The van der Waals surface area contributed by atoms with Crippen molar-refractivity contribution < 1.29 is 18.0 Å². The third-order valence-corrected chi connectivity index (χ3v) is 3.30. The van der Waals surface area contributed by atoms with E-state index in [0.29, 0.717) is 5.69 Å². The van der Waals surface area contributed by atoms with Gasteiger partial charge in [-0.15, -0.1) is 0 Å². The number of benzene rings is 1. The number of primary amides is 1. The smallest absolute Gasteiger partial charge is 0.350 e. The Morgan fingerprint density at radius 3 is 2.39 bits per heavy atom. The largest absolute Gasteiger partial charge is 0.416 e. The van der Waals surface area contributed by atoms with Crippen molar-refractivity contribution in [2.75, 3.05) is 0 Å². The second-order valence-corrected chi connectivity index (χ2v) is 4.94. The molecule has 0 spiro atoms. The summed E-state index contributed by atoms with van der Waals surface area (Å²) in [7, 11) is 0. The standard InChI is InChI=1S/C15H15F3N4O/c1-9-7-11(8-20-21-14(19)23)10(2)22(9)13-5-3-12(4-6-13)15(16,17)18/h3-8H,1-2H3,(H3,19,21,23). The number of aryl methyl sites for hydroxylation is 1. The van der Waals surface area contributed by atoms with Gasteiger partial charge in [-0.2, -0.15) is 18.3 Å². The van der Waals surface area contributed by atoms with Crippen molar-refractivity contribution in [2.45, 2.75) is 20.0 Å². The summed E-state index contributed by atoms with van der Waals surface area (Å²) in [6.45, 7) is 3.62. The quantitative estimate of drug-likeness (QED) is 0.661. The average molecular weight is 324 g/mol. The molecule has 0 radical (unpaired) electrons. The lowest BCUT2D eigenvalue weighted by Gasteiger charge is -2.12. The van der Waals surface area contributed by atoms with Crippen LogP contribution in [0, 0.1) is 13.8 Å². The SMILES string of the molecule is Cc1cc(C=NNC(N)=O)c(C)n1-c1ccc(C(F)(F)F)cc1. The van der Waals surface area contributed by atoms with Gasteiger partial charge in [0.1, 0.15) is 0 Å². The number of halogens is 3. The van der Waals surface area contributed by atoms with Gasteiger partial charge >= 0.3 is 12.2 Å². The Hall–Kier alpha value is -2.77. The van der Waals surface area contributed by atoms with Gasteiger partial charge < -0.3 is 10.3 Å². The van der Waals surface area contributed by atoms with Crippen molar-refractivity contribution in [3.8, 4) is 5.69 Å². The molecule has 2 rings (SSSR count). The summed E-state index contributed by atoms with van der Waals surface area (Å²) in [4.78, 5) is 10.6. The minimum Gasteiger partial charge on any atom is -0.350 e. The first-order valence-corrected chi connectivity index (χ1v) is 6.65. The maximum absolute atomic E-state index is 12.6. The molecule has 3 N–H and O–H groups in total.